The molecule has 9 heteroatoms. The van der Waals surface area contributed by atoms with E-state index in [-0.39, 0.29) is 18.3 Å². The molecule has 2 aromatic heterocycles. The number of para-hydroxylation sites is 4. The Labute approximate surface area is 832 Å². The van der Waals surface area contributed by atoms with Crippen LogP contribution in [0.25, 0.3) is 77.3 Å². The molecule has 1 fully saturated rings. The SMILES string of the molecule is CC1(C)OB(c2ccc3oc4ccccc4c3c2)OC1(C)C.Cc1cccc(N(c2ccc(N(c3ccccc3)c3cccc(C)c3)c(-c3ccc4oc5ccccc5c4c3)c2)c2ccc3c(c2)C(c2ccccc2)(c2ccccc2)c2ccccc2-3)c1.Cc1cccc(N(c2ccc(N(c3ccccc3)c3cccc(C)c3)c(C)c2)c2ccc3c(c2)C(c2ccccc2)(c2ccccc2)c2ccccc2-3)c1. The number of anilines is 12. The fraction of sp³-hybridized carbons (Fsp3) is 0.0977. The van der Waals surface area contributed by atoms with Gasteiger partial charge < -0.3 is 37.7 Å². The van der Waals surface area contributed by atoms with Gasteiger partial charge in [0.15, 0.2) is 0 Å². The lowest BCUT2D eigenvalue weighted by Crippen LogP contribution is -2.41. The van der Waals surface area contributed by atoms with Gasteiger partial charge in [0, 0.05) is 89.7 Å². The first-order valence-corrected chi connectivity index (χ1v) is 49.2. The Kier molecular flexibility index (Phi) is 23.1. The lowest BCUT2D eigenvalue weighted by atomic mass is 9.67. The van der Waals surface area contributed by atoms with E-state index in [2.05, 4.69) is 531 Å². The van der Waals surface area contributed by atoms with Crippen LogP contribution in [0.5, 0.6) is 0 Å². The van der Waals surface area contributed by atoms with Gasteiger partial charge in [-0.15, -0.1) is 0 Å². The minimum atomic E-state index is -0.537. The van der Waals surface area contributed by atoms with Crippen molar-refractivity contribution in [3.63, 3.8) is 0 Å². The summed E-state index contributed by atoms with van der Waals surface area (Å²) in [4.78, 5) is 9.62. The summed E-state index contributed by atoms with van der Waals surface area (Å²) >= 11 is 0. The Morgan fingerprint density at radius 3 is 0.944 bits per heavy atom. The third kappa shape index (κ3) is 15.9. The van der Waals surface area contributed by atoms with E-state index in [1.807, 2.05) is 36.4 Å². The summed E-state index contributed by atoms with van der Waals surface area (Å²) in [5.41, 5.74) is 39.6. The maximum Gasteiger partial charge on any atom is 0.494 e. The molecule has 0 saturated carbocycles. The predicted octanol–water partition coefficient (Wildman–Crippen LogP) is 35.0. The number of fused-ring (bicyclic) bond motifs is 12. The van der Waals surface area contributed by atoms with E-state index in [0.29, 0.717) is 0 Å². The summed E-state index contributed by atoms with van der Waals surface area (Å²) in [7, 11) is -0.344. The summed E-state index contributed by atoms with van der Waals surface area (Å²) < 4.78 is 24.5. The van der Waals surface area contributed by atoms with Gasteiger partial charge in [0.2, 0.25) is 0 Å². The third-order valence-electron chi connectivity index (χ3n) is 29.2. The maximum atomic E-state index is 6.38. The second kappa shape index (κ2) is 36.8. The standard InChI is InChI=1S/C63H46N2O.C52H42N2.C18H19BO3/c1-43-18-16-26-49(38-43)64(52-33-35-54-53-28-12-14-30-58(53)63(59(54)42-52,46-20-6-3-7-21-46)47-22-8-4-9-23-47)51-34-36-60(65(48-24-10-5-11-25-48)50-27-17-19-44(2)39-50)56(41-51)45-32-37-62-57(40-45)55-29-13-15-31-61(55)66-62;1-37-17-15-25-43(33-37)53(45-30-32-51(39(3)35-45)54(42-23-11-6-12-24-42)44-26-16-18-38(2)34-44)46-29-31-48-47-27-13-14-28-49(47)52(50(48)36-46,40-19-7-4-8-20-40)41-21-9-5-10-22-41;1-17(2)18(3,4)22-19(21-17)12-9-10-16-14(11-12)13-7-5-6-8-15(13)20-16/h3-42H,1-2H3;4-36H,1-3H3;5-11H,1-4H3. The lowest BCUT2D eigenvalue weighted by molar-refractivity contribution is 0.00578. The highest BCUT2D eigenvalue weighted by molar-refractivity contribution is 6.62. The van der Waals surface area contributed by atoms with Crippen molar-refractivity contribution >= 4 is 125 Å². The fourth-order valence-corrected chi connectivity index (χ4v) is 22.0. The first kappa shape index (κ1) is 89.1. The van der Waals surface area contributed by atoms with Crippen LogP contribution in [0, 0.1) is 34.6 Å². The minimum absolute atomic E-state index is 0.328. The molecule has 142 heavy (non-hydrogen) atoms. The normalized spacial score (nSPS) is 13.7. The van der Waals surface area contributed by atoms with Crippen molar-refractivity contribution in [3.8, 4) is 33.4 Å². The minimum Gasteiger partial charge on any atom is -0.456 e. The molecule has 0 bridgehead atoms. The van der Waals surface area contributed by atoms with E-state index in [0.717, 1.165) is 129 Å². The Morgan fingerprint density at radius 1 is 0.204 bits per heavy atom. The van der Waals surface area contributed by atoms with E-state index in [1.165, 1.54) is 94.6 Å². The first-order chi connectivity index (χ1) is 69.4. The van der Waals surface area contributed by atoms with E-state index < -0.39 is 10.8 Å². The number of nitrogens with zero attached hydrogens (tertiary/aromatic N) is 4. The summed E-state index contributed by atoms with van der Waals surface area (Å²) in [5, 5.41) is 4.42. The summed E-state index contributed by atoms with van der Waals surface area (Å²) in [5.74, 6) is 0. The zero-order valence-electron chi connectivity index (χ0n) is 81.2. The second-order valence-electron chi connectivity index (χ2n) is 38.8. The average Bonchev–Trinajstić information content (AvgIpc) is 1.54. The van der Waals surface area contributed by atoms with Crippen molar-refractivity contribution in [1.82, 2.24) is 0 Å². The van der Waals surface area contributed by atoms with Gasteiger partial charge in [-0.1, -0.05) is 322 Å². The molecule has 0 radical (unpaired) electrons. The van der Waals surface area contributed by atoms with Gasteiger partial charge in [-0.05, 0) is 332 Å². The van der Waals surface area contributed by atoms with Gasteiger partial charge in [0.05, 0.1) is 27.7 Å². The van der Waals surface area contributed by atoms with Crippen molar-refractivity contribution in [3.05, 3.63) is 558 Å². The van der Waals surface area contributed by atoms with E-state index >= 15 is 0 Å². The Balaban J connectivity index is 0.000000132. The molecule has 3 aliphatic rings. The molecular weight excluding hydrogens is 1730 g/mol. The molecule has 25 rings (SSSR count). The molecule has 0 N–H and O–H groups in total. The van der Waals surface area contributed by atoms with Crippen LogP contribution >= 0.6 is 0 Å². The molecule has 0 spiro atoms. The molecule has 0 amide bonds. The second-order valence-corrected chi connectivity index (χ2v) is 38.8. The first-order valence-electron chi connectivity index (χ1n) is 49.2. The van der Waals surface area contributed by atoms with Crippen LogP contribution < -0.4 is 25.1 Å². The molecule has 0 atom stereocenters. The Hall–Kier alpha value is -16.8. The smallest absolute Gasteiger partial charge is 0.456 e. The Morgan fingerprint density at radius 2 is 0.521 bits per heavy atom. The van der Waals surface area contributed by atoms with E-state index in [4.69, 9.17) is 18.1 Å². The van der Waals surface area contributed by atoms with E-state index in [9.17, 15) is 0 Å². The van der Waals surface area contributed by atoms with Crippen LogP contribution in [-0.4, -0.2) is 18.3 Å². The van der Waals surface area contributed by atoms with Gasteiger partial charge in [0.25, 0.3) is 0 Å². The summed E-state index contributed by atoms with van der Waals surface area (Å²) in [6, 6.07) is 176. The largest absolute Gasteiger partial charge is 0.494 e. The Bertz CT molecular complexity index is 8370. The molecule has 20 aromatic carbocycles. The van der Waals surface area contributed by atoms with Crippen molar-refractivity contribution in [2.75, 3.05) is 19.6 Å². The molecule has 22 aromatic rings. The predicted molar refractivity (Wildman–Crippen MR) is 592 cm³/mol. The molecule has 686 valence electrons. The van der Waals surface area contributed by atoms with Crippen LogP contribution in [0.2, 0.25) is 0 Å². The highest BCUT2D eigenvalue weighted by atomic mass is 16.7. The number of hydrogen-bond donors (Lipinski definition) is 0. The van der Waals surface area contributed by atoms with Gasteiger partial charge in [-0.25, -0.2) is 0 Å². The van der Waals surface area contributed by atoms with Crippen LogP contribution in [0.1, 0.15) is 100 Å². The number of benzene rings is 20. The molecule has 2 aliphatic carbocycles. The molecule has 8 nitrogen and oxygen atoms in total. The number of hydrogen-bond acceptors (Lipinski definition) is 8. The average molecular weight is 1840 g/mol. The molecule has 0 unspecified atom stereocenters. The van der Waals surface area contributed by atoms with E-state index in [1.54, 1.807) is 0 Å². The number of aryl methyl sites for hydroxylation is 5. The highest BCUT2D eigenvalue weighted by Crippen LogP contribution is 2.61. The van der Waals surface area contributed by atoms with Gasteiger partial charge in [0.1, 0.15) is 22.3 Å². The molecular formula is C133H107BN4O4. The maximum absolute atomic E-state index is 6.38. The quantitative estimate of drug-likeness (QED) is 0.0788. The van der Waals surface area contributed by atoms with Crippen LogP contribution in [0.3, 0.4) is 0 Å². The van der Waals surface area contributed by atoms with Crippen LogP contribution in [0.15, 0.2) is 494 Å². The number of furan rings is 2. The van der Waals surface area contributed by atoms with Gasteiger partial charge >= 0.3 is 7.12 Å². The summed E-state index contributed by atoms with van der Waals surface area (Å²) in [6.45, 7) is 19.2. The monoisotopic (exact) mass is 1830 g/mol. The zero-order chi connectivity index (χ0) is 96.4. The zero-order valence-corrected chi connectivity index (χ0v) is 81.2. The molecule has 3 heterocycles. The lowest BCUT2D eigenvalue weighted by Gasteiger charge is -2.35. The van der Waals surface area contributed by atoms with Crippen molar-refractivity contribution in [1.29, 1.82) is 0 Å². The van der Waals surface area contributed by atoms with Gasteiger partial charge in [-0.3, -0.25) is 0 Å². The van der Waals surface area contributed by atoms with Crippen LogP contribution in [-0.2, 0) is 20.1 Å². The fourth-order valence-electron chi connectivity index (χ4n) is 22.0. The molecule has 1 saturated heterocycles. The number of rotatable bonds is 18. The highest BCUT2D eigenvalue weighted by Gasteiger charge is 2.53. The van der Waals surface area contributed by atoms with Crippen molar-refractivity contribution in [2.45, 2.75) is 84.3 Å². The van der Waals surface area contributed by atoms with Gasteiger partial charge in [-0.2, -0.15) is 0 Å². The molecule has 1 aliphatic heterocycles. The van der Waals surface area contributed by atoms with Crippen LogP contribution in [0.4, 0.5) is 68.2 Å². The third-order valence-corrected chi connectivity index (χ3v) is 29.2. The topological polar surface area (TPSA) is 57.7 Å². The van der Waals surface area contributed by atoms with Crippen molar-refractivity contribution in [2.24, 2.45) is 0 Å². The van der Waals surface area contributed by atoms with Crippen molar-refractivity contribution < 1.29 is 18.1 Å². The summed E-state index contributed by atoms with van der Waals surface area (Å²) in [6.07, 6.45) is 0.